The molecule has 2 amide bonds. The third kappa shape index (κ3) is 1.84. The number of nitrogens with one attached hydrogen (secondary N) is 1. The molecule has 0 aliphatic carbocycles. The molecule has 3 rings (SSSR count). The number of halogens is 1. The number of amides is 2. The first-order chi connectivity index (χ1) is 8.63. The molecule has 3 heterocycles. The van der Waals surface area contributed by atoms with Crippen molar-refractivity contribution in [3.8, 4) is 0 Å². The number of carbonyl (C=O) groups is 2. The summed E-state index contributed by atoms with van der Waals surface area (Å²) in [5.41, 5.74) is 0.612. The minimum absolute atomic E-state index is 0.0950. The molecule has 0 atom stereocenters. The number of piperazine rings is 1. The Kier molecular flexibility index (Phi) is 2.51. The van der Waals surface area contributed by atoms with Crippen molar-refractivity contribution >= 4 is 39.2 Å². The third-order valence-corrected chi connectivity index (χ3v) is 2.96. The second-order valence-electron chi connectivity index (χ2n) is 3.87. The molecule has 92 valence electrons. The molecule has 0 saturated carbocycles. The molecule has 7 nitrogen and oxygen atoms in total. The topological polar surface area (TPSA) is 79.6 Å². The smallest absolute Gasteiger partial charge is 0.246 e. The highest BCUT2D eigenvalue weighted by atomic mass is 79.9. The summed E-state index contributed by atoms with van der Waals surface area (Å²) in [6.07, 6.45) is 5.17. The van der Waals surface area contributed by atoms with Crippen LogP contribution in [0.1, 0.15) is 0 Å². The number of nitrogens with zero attached hydrogens (tertiary/aromatic N) is 4. The molecule has 8 heteroatoms. The first-order valence-electron chi connectivity index (χ1n) is 5.20. The van der Waals surface area contributed by atoms with Crippen molar-refractivity contribution in [2.75, 3.05) is 18.0 Å². The van der Waals surface area contributed by atoms with Gasteiger partial charge in [-0.3, -0.25) is 14.9 Å². The molecule has 1 fully saturated rings. The molecule has 0 bridgehead atoms. The number of hydrogen-bond acceptors (Lipinski definition) is 5. The minimum atomic E-state index is -0.335. The van der Waals surface area contributed by atoms with Gasteiger partial charge in [0.15, 0.2) is 11.5 Å². The lowest BCUT2D eigenvalue weighted by Gasteiger charge is -2.26. The summed E-state index contributed by atoms with van der Waals surface area (Å²) in [7, 11) is 0. The van der Waals surface area contributed by atoms with E-state index < -0.39 is 0 Å². The Hall–Kier alpha value is -1.96. The Labute approximate surface area is 110 Å². The van der Waals surface area contributed by atoms with Gasteiger partial charge in [-0.05, 0) is 15.9 Å². The van der Waals surface area contributed by atoms with Gasteiger partial charge in [0.25, 0.3) is 0 Å². The second-order valence-corrected chi connectivity index (χ2v) is 4.69. The molecule has 18 heavy (non-hydrogen) atoms. The fourth-order valence-corrected chi connectivity index (χ4v) is 2.27. The highest BCUT2D eigenvalue weighted by Gasteiger charge is 2.25. The Balaban J connectivity index is 2.10. The quantitative estimate of drug-likeness (QED) is 0.747. The largest absolute Gasteiger partial charge is 0.335 e. The Bertz CT molecular complexity index is 637. The maximum absolute atomic E-state index is 11.4. The van der Waals surface area contributed by atoms with Gasteiger partial charge in [0.05, 0.1) is 13.1 Å². The van der Waals surface area contributed by atoms with Crippen molar-refractivity contribution in [3.63, 3.8) is 0 Å². The van der Waals surface area contributed by atoms with Gasteiger partial charge >= 0.3 is 0 Å². The number of anilines is 1. The Morgan fingerprint density at radius 1 is 1.28 bits per heavy atom. The average Bonchev–Trinajstić information content (AvgIpc) is 2.74. The fraction of sp³-hybridized carbons (Fsp3) is 0.200. The highest BCUT2D eigenvalue weighted by Crippen LogP contribution is 2.21. The van der Waals surface area contributed by atoms with E-state index in [0.717, 1.165) is 0 Å². The SMILES string of the molecule is O=C1CN(c2nc(Br)cn3ccnc23)CC(=O)N1. The van der Waals surface area contributed by atoms with Gasteiger partial charge in [-0.15, -0.1) is 0 Å². The average molecular weight is 310 g/mol. The van der Waals surface area contributed by atoms with Gasteiger partial charge in [-0.2, -0.15) is 0 Å². The summed E-state index contributed by atoms with van der Waals surface area (Å²) in [5.74, 6) is -0.159. The van der Waals surface area contributed by atoms with Crippen LogP contribution in [0.3, 0.4) is 0 Å². The monoisotopic (exact) mass is 309 g/mol. The van der Waals surface area contributed by atoms with E-state index in [0.29, 0.717) is 16.1 Å². The van der Waals surface area contributed by atoms with Crippen molar-refractivity contribution in [2.24, 2.45) is 0 Å². The van der Waals surface area contributed by atoms with Crippen LogP contribution < -0.4 is 10.2 Å². The van der Waals surface area contributed by atoms with Crippen LogP contribution in [0.15, 0.2) is 23.2 Å². The maximum atomic E-state index is 11.4. The van der Waals surface area contributed by atoms with E-state index in [-0.39, 0.29) is 24.9 Å². The fourth-order valence-electron chi connectivity index (χ4n) is 1.88. The summed E-state index contributed by atoms with van der Waals surface area (Å²) in [6, 6.07) is 0. The van der Waals surface area contributed by atoms with Gasteiger partial charge in [0.2, 0.25) is 11.8 Å². The van der Waals surface area contributed by atoms with E-state index >= 15 is 0 Å². The lowest BCUT2D eigenvalue weighted by atomic mass is 10.3. The van der Waals surface area contributed by atoms with Crippen LogP contribution in [-0.2, 0) is 9.59 Å². The van der Waals surface area contributed by atoms with E-state index in [1.165, 1.54) is 0 Å². The molecular formula is C10H8BrN5O2. The van der Waals surface area contributed by atoms with Gasteiger partial charge in [0.1, 0.15) is 4.60 Å². The molecule has 2 aromatic rings. The molecule has 1 aliphatic rings. The van der Waals surface area contributed by atoms with Crippen molar-refractivity contribution in [1.82, 2.24) is 19.7 Å². The van der Waals surface area contributed by atoms with Gasteiger partial charge < -0.3 is 9.30 Å². The number of rotatable bonds is 1. The van der Waals surface area contributed by atoms with Crippen molar-refractivity contribution in [1.29, 1.82) is 0 Å². The number of aromatic nitrogens is 3. The molecular weight excluding hydrogens is 302 g/mol. The first kappa shape index (κ1) is 11.1. The van der Waals surface area contributed by atoms with E-state index in [9.17, 15) is 9.59 Å². The van der Waals surface area contributed by atoms with E-state index in [1.54, 1.807) is 27.9 Å². The molecule has 2 aromatic heterocycles. The van der Waals surface area contributed by atoms with Crippen molar-refractivity contribution < 1.29 is 9.59 Å². The third-order valence-electron chi connectivity index (χ3n) is 2.57. The predicted molar refractivity (Wildman–Crippen MR) is 66.0 cm³/mol. The summed E-state index contributed by atoms with van der Waals surface area (Å²) < 4.78 is 2.39. The number of carbonyl (C=O) groups excluding carboxylic acids is 2. The van der Waals surface area contributed by atoms with Crippen LogP contribution in [-0.4, -0.2) is 39.3 Å². The van der Waals surface area contributed by atoms with Crippen LogP contribution >= 0.6 is 15.9 Å². The molecule has 0 aromatic carbocycles. The molecule has 0 radical (unpaired) electrons. The number of fused-ring (bicyclic) bond motifs is 1. The lowest BCUT2D eigenvalue weighted by molar-refractivity contribution is -0.130. The lowest BCUT2D eigenvalue weighted by Crippen LogP contribution is -2.51. The van der Waals surface area contributed by atoms with Crippen LogP contribution in [0.25, 0.3) is 5.65 Å². The number of hydrogen-bond donors (Lipinski definition) is 1. The predicted octanol–water partition coefficient (Wildman–Crippen LogP) is -0.0454. The Morgan fingerprint density at radius 3 is 2.72 bits per heavy atom. The van der Waals surface area contributed by atoms with Crippen LogP contribution in [0, 0.1) is 0 Å². The minimum Gasteiger partial charge on any atom is -0.335 e. The molecule has 1 saturated heterocycles. The van der Waals surface area contributed by atoms with Gasteiger partial charge in [0, 0.05) is 18.6 Å². The molecule has 1 aliphatic heterocycles. The zero-order valence-electron chi connectivity index (χ0n) is 9.13. The van der Waals surface area contributed by atoms with E-state index in [1.807, 2.05) is 0 Å². The zero-order valence-corrected chi connectivity index (χ0v) is 10.7. The summed E-state index contributed by atoms with van der Waals surface area (Å²) in [4.78, 5) is 32.8. The molecule has 1 N–H and O–H groups in total. The normalized spacial score (nSPS) is 16.2. The van der Waals surface area contributed by atoms with Crippen LogP contribution in [0.2, 0.25) is 0 Å². The van der Waals surface area contributed by atoms with Gasteiger partial charge in [-0.25, -0.2) is 9.97 Å². The summed E-state index contributed by atoms with van der Waals surface area (Å²) >= 11 is 3.29. The second kappa shape index (κ2) is 4.05. The van der Waals surface area contributed by atoms with E-state index in [2.05, 4.69) is 31.2 Å². The van der Waals surface area contributed by atoms with Crippen molar-refractivity contribution in [2.45, 2.75) is 0 Å². The first-order valence-corrected chi connectivity index (χ1v) is 5.99. The molecule has 0 unspecified atom stereocenters. The summed E-state index contributed by atoms with van der Waals surface area (Å²) in [6.45, 7) is 0.190. The summed E-state index contributed by atoms with van der Waals surface area (Å²) in [5, 5.41) is 2.25. The maximum Gasteiger partial charge on any atom is 0.246 e. The number of imidazole rings is 1. The standard InChI is InChI=1S/C10H8BrN5O2/c11-6-3-15-2-1-12-9(15)10(13-6)16-4-7(17)14-8(18)5-16/h1-3H,4-5H2,(H,14,17,18). The number of imide groups is 1. The zero-order chi connectivity index (χ0) is 12.7. The van der Waals surface area contributed by atoms with Crippen LogP contribution in [0.5, 0.6) is 0 Å². The highest BCUT2D eigenvalue weighted by molar-refractivity contribution is 9.10. The van der Waals surface area contributed by atoms with Crippen LogP contribution in [0.4, 0.5) is 5.82 Å². The van der Waals surface area contributed by atoms with Crippen molar-refractivity contribution in [3.05, 3.63) is 23.2 Å². The van der Waals surface area contributed by atoms with Gasteiger partial charge in [-0.1, -0.05) is 0 Å². The molecule has 0 spiro atoms. The Morgan fingerprint density at radius 2 is 2.00 bits per heavy atom. The van der Waals surface area contributed by atoms with E-state index in [4.69, 9.17) is 0 Å².